The Balaban J connectivity index is 1.88. The molecule has 1 heterocycles. The average molecular weight is 369 g/mol. The fraction of sp³-hybridized carbons (Fsp3) is 0.556. The standard InChI is InChI=1S/C18H25ClN2O4/c1-18(2,3)15-10-13(8-9-21(15)17(23)24)20-16(22)11-25-14-6-4-12(19)5-7-14/h4-7,13,15H,8-11H2,1-3H3,(H,20,22)(H,23,24). The minimum Gasteiger partial charge on any atom is -0.484 e. The molecule has 0 aliphatic carbocycles. The van der Waals surface area contributed by atoms with Gasteiger partial charge < -0.3 is 20.1 Å². The van der Waals surface area contributed by atoms with Crippen molar-refractivity contribution in [2.75, 3.05) is 13.2 Å². The summed E-state index contributed by atoms with van der Waals surface area (Å²) in [6, 6.07) is 6.62. The Labute approximate surface area is 153 Å². The number of hydrogen-bond acceptors (Lipinski definition) is 3. The van der Waals surface area contributed by atoms with Gasteiger partial charge in [-0.05, 0) is 42.5 Å². The Morgan fingerprint density at radius 1 is 1.32 bits per heavy atom. The van der Waals surface area contributed by atoms with E-state index < -0.39 is 6.09 Å². The zero-order valence-electron chi connectivity index (χ0n) is 14.8. The van der Waals surface area contributed by atoms with E-state index in [2.05, 4.69) is 5.32 Å². The van der Waals surface area contributed by atoms with Crippen LogP contribution in [0.25, 0.3) is 0 Å². The van der Waals surface area contributed by atoms with Gasteiger partial charge in [0.2, 0.25) is 0 Å². The summed E-state index contributed by atoms with van der Waals surface area (Å²) in [4.78, 5) is 25.0. The van der Waals surface area contributed by atoms with Crippen LogP contribution in [0, 0.1) is 5.41 Å². The first-order chi connectivity index (χ1) is 11.7. The molecule has 2 unspecified atom stereocenters. The first-order valence-corrected chi connectivity index (χ1v) is 8.72. The van der Waals surface area contributed by atoms with Crippen LogP contribution in [0.15, 0.2) is 24.3 Å². The number of carbonyl (C=O) groups excluding carboxylic acids is 1. The number of nitrogens with zero attached hydrogens (tertiary/aromatic N) is 1. The van der Waals surface area contributed by atoms with Crippen molar-refractivity contribution in [1.29, 1.82) is 0 Å². The normalized spacial score (nSPS) is 20.9. The van der Waals surface area contributed by atoms with Gasteiger partial charge in [0.05, 0.1) is 0 Å². The predicted molar refractivity (Wildman–Crippen MR) is 96.1 cm³/mol. The fourth-order valence-corrected chi connectivity index (χ4v) is 3.22. The van der Waals surface area contributed by atoms with E-state index in [9.17, 15) is 14.7 Å². The number of hydrogen-bond donors (Lipinski definition) is 2. The molecule has 138 valence electrons. The van der Waals surface area contributed by atoms with Crippen LogP contribution in [0.2, 0.25) is 5.02 Å². The molecule has 1 saturated heterocycles. The van der Waals surface area contributed by atoms with E-state index in [-0.39, 0.29) is 30.0 Å². The van der Waals surface area contributed by atoms with Crippen molar-refractivity contribution < 1.29 is 19.4 Å². The highest BCUT2D eigenvalue weighted by Crippen LogP contribution is 2.32. The lowest BCUT2D eigenvalue weighted by Gasteiger charge is -2.44. The molecule has 2 rings (SSSR count). The maximum Gasteiger partial charge on any atom is 0.407 e. The molecule has 1 fully saturated rings. The molecule has 1 aromatic rings. The number of ether oxygens (including phenoxy) is 1. The van der Waals surface area contributed by atoms with Crippen LogP contribution in [0.3, 0.4) is 0 Å². The van der Waals surface area contributed by atoms with Gasteiger partial charge in [-0.25, -0.2) is 4.79 Å². The van der Waals surface area contributed by atoms with Gasteiger partial charge in [0, 0.05) is 23.7 Å². The highest BCUT2D eigenvalue weighted by Gasteiger charge is 2.39. The second-order valence-electron chi connectivity index (χ2n) is 7.39. The molecular formula is C18H25ClN2O4. The topological polar surface area (TPSA) is 78.9 Å². The summed E-state index contributed by atoms with van der Waals surface area (Å²) >= 11 is 5.81. The Hall–Kier alpha value is -1.95. The Morgan fingerprint density at radius 2 is 1.96 bits per heavy atom. The molecule has 2 N–H and O–H groups in total. The van der Waals surface area contributed by atoms with Crippen LogP contribution in [0.1, 0.15) is 33.6 Å². The molecule has 0 aromatic heterocycles. The zero-order valence-corrected chi connectivity index (χ0v) is 15.5. The van der Waals surface area contributed by atoms with Crippen molar-refractivity contribution in [2.45, 2.75) is 45.7 Å². The molecule has 0 bridgehead atoms. The second kappa shape index (κ2) is 7.95. The third-order valence-corrected chi connectivity index (χ3v) is 4.65. The molecule has 7 heteroatoms. The molecular weight excluding hydrogens is 344 g/mol. The number of benzene rings is 1. The summed E-state index contributed by atoms with van der Waals surface area (Å²) in [7, 11) is 0. The van der Waals surface area contributed by atoms with Gasteiger partial charge in [0.1, 0.15) is 5.75 Å². The Morgan fingerprint density at radius 3 is 2.52 bits per heavy atom. The summed E-state index contributed by atoms with van der Waals surface area (Å²) in [6.45, 7) is 6.38. The molecule has 0 spiro atoms. The molecule has 2 atom stereocenters. The maximum atomic E-state index is 12.1. The highest BCUT2D eigenvalue weighted by atomic mass is 35.5. The summed E-state index contributed by atoms with van der Waals surface area (Å²) in [5, 5.41) is 12.9. The van der Waals surface area contributed by atoms with E-state index in [1.807, 2.05) is 20.8 Å². The first kappa shape index (κ1) is 19.4. The number of carboxylic acid groups (broad SMARTS) is 1. The van der Waals surface area contributed by atoms with Gasteiger partial charge in [-0.2, -0.15) is 0 Å². The molecule has 1 aromatic carbocycles. The number of amides is 2. The van der Waals surface area contributed by atoms with Crippen molar-refractivity contribution >= 4 is 23.6 Å². The van der Waals surface area contributed by atoms with Crippen LogP contribution in [0.4, 0.5) is 4.79 Å². The van der Waals surface area contributed by atoms with Crippen molar-refractivity contribution in [1.82, 2.24) is 10.2 Å². The lowest BCUT2D eigenvalue weighted by molar-refractivity contribution is -0.124. The molecule has 1 aliphatic rings. The number of nitrogens with one attached hydrogen (secondary N) is 1. The fourth-order valence-electron chi connectivity index (χ4n) is 3.10. The van der Waals surface area contributed by atoms with Crippen molar-refractivity contribution in [3.63, 3.8) is 0 Å². The predicted octanol–water partition coefficient (Wildman–Crippen LogP) is 3.39. The SMILES string of the molecule is CC(C)(C)C1CC(NC(=O)COc2ccc(Cl)cc2)CCN1C(=O)O. The molecule has 6 nitrogen and oxygen atoms in total. The molecule has 0 radical (unpaired) electrons. The number of halogens is 1. The minimum absolute atomic E-state index is 0.0545. The lowest BCUT2D eigenvalue weighted by Crippen LogP contribution is -2.56. The van der Waals surface area contributed by atoms with Gasteiger partial charge in [0.15, 0.2) is 6.61 Å². The van der Waals surface area contributed by atoms with E-state index in [1.165, 1.54) is 4.90 Å². The molecule has 0 saturated carbocycles. The van der Waals surface area contributed by atoms with Crippen molar-refractivity contribution in [2.24, 2.45) is 5.41 Å². The van der Waals surface area contributed by atoms with Crippen LogP contribution < -0.4 is 10.1 Å². The first-order valence-electron chi connectivity index (χ1n) is 8.34. The van der Waals surface area contributed by atoms with E-state index in [0.717, 1.165) is 0 Å². The highest BCUT2D eigenvalue weighted by molar-refractivity contribution is 6.30. The smallest absolute Gasteiger partial charge is 0.407 e. The van der Waals surface area contributed by atoms with E-state index in [4.69, 9.17) is 16.3 Å². The summed E-state index contributed by atoms with van der Waals surface area (Å²) in [5.74, 6) is 0.365. The van der Waals surface area contributed by atoms with Gasteiger partial charge in [-0.3, -0.25) is 4.79 Å². The van der Waals surface area contributed by atoms with E-state index in [1.54, 1.807) is 24.3 Å². The Kier molecular flexibility index (Phi) is 6.16. The monoisotopic (exact) mass is 368 g/mol. The van der Waals surface area contributed by atoms with Crippen LogP contribution >= 0.6 is 11.6 Å². The quantitative estimate of drug-likeness (QED) is 0.853. The third-order valence-electron chi connectivity index (χ3n) is 4.40. The number of piperidine rings is 1. The van der Waals surface area contributed by atoms with Gasteiger partial charge in [-0.1, -0.05) is 32.4 Å². The lowest BCUT2D eigenvalue weighted by atomic mass is 9.79. The van der Waals surface area contributed by atoms with Crippen molar-refractivity contribution in [3.8, 4) is 5.75 Å². The molecule has 2 amide bonds. The van der Waals surface area contributed by atoms with Crippen LogP contribution in [-0.2, 0) is 4.79 Å². The van der Waals surface area contributed by atoms with Gasteiger partial charge in [0.25, 0.3) is 5.91 Å². The second-order valence-corrected chi connectivity index (χ2v) is 7.83. The van der Waals surface area contributed by atoms with Gasteiger partial charge >= 0.3 is 6.09 Å². The summed E-state index contributed by atoms with van der Waals surface area (Å²) < 4.78 is 5.44. The maximum absolute atomic E-state index is 12.1. The summed E-state index contributed by atoms with van der Waals surface area (Å²) in [6.07, 6.45) is 0.296. The average Bonchev–Trinajstić information content (AvgIpc) is 2.53. The largest absolute Gasteiger partial charge is 0.484 e. The molecule has 25 heavy (non-hydrogen) atoms. The van der Waals surface area contributed by atoms with Crippen molar-refractivity contribution in [3.05, 3.63) is 29.3 Å². The minimum atomic E-state index is -0.907. The van der Waals surface area contributed by atoms with E-state index >= 15 is 0 Å². The van der Waals surface area contributed by atoms with E-state index in [0.29, 0.717) is 30.2 Å². The number of likely N-dealkylation sites (tertiary alicyclic amines) is 1. The number of carbonyl (C=O) groups is 2. The number of rotatable bonds is 4. The Bertz CT molecular complexity index is 612. The van der Waals surface area contributed by atoms with Gasteiger partial charge in [-0.15, -0.1) is 0 Å². The molecule has 1 aliphatic heterocycles. The zero-order chi connectivity index (χ0) is 18.6. The van der Waals surface area contributed by atoms with Crippen LogP contribution in [-0.4, -0.2) is 47.2 Å². The summed E-state index contributed by atoms with van der Waals surface area (Å²) in [5.41, 5.74) is -0.193. The third kappa shape index (κ3) is 5.53. The van der Waals surface area contributed by atoms with Crippen LogP contribution in [0.5, 0.6) is 5.75 Å².